The van der Waals surface area contributed by atoms with Gasteiger partial charge in [-0.25, -0.2) is 0 Å². The molecule has 0 bridgehead atoms. The van der Waals surface area contributed by atoms with Gasteiger partial charge in [0.05, 0.1) is 12.0 Å². The van der Waals surface area contributed by atoms with Crippen molar-refractivity contribution in [3.05, 3.63) is 124 Å². The molecule has 6 rings (SSSR count). The second-order valence-corrected chi connectivity index (χ2v) is 11.9. The fourth-order valence-corrected chi connectivity index (χ4v) is 6.40. The number of nitrogens with zero attached hydrogens (tertiary/aromatic N) is 2. The maximum Gasteiger partial charge on any atom is 0.303 e. The number of hydrogen-bond donors (Lipinski definition) is 2. The van der Waals surface area contributed by atoms with E-state index in [2.05, 4.69) is 16.0 Å². The van der Waals surface area contributed by atoms with Crippen LogP contribution >= 0.6 is 0 Å². The number of carbonyl (C=O) groups is 3. The first-order valence-electron chi connectivity index (χ1n) is 14.9. The molecule has 1 aromatic heterocycles. The third kappa shape index (κ3) is 5.41. The van der Waals surface area contributed by atoms with Crippen LogP contribution in [0.4, 0.5) is 5.69 Å². The Morgan fingerprint density at radius 1 is 1.05 bits per heavy atom. The Morgan fingerprint density at radius 3 is 2.57 bits per heavy atom. The summed E-state index contributed by atoms with van der Waals surface area (Å²) in [5.74, 6) is -0.953. The number of benzene rings is 3. The molecule has 0 saturated heterocycles. The molecule has 0 aliphatic carbocycles. The van der Waals surface area contributed by atoms with Crippen LogP contribution in [0.15, 0.2) is 95.6 Å². The van der Waals surface area contributed by atoms with Gasteiger partial charge in [0.1, 0.15) is 5.54 Å². The van der Waals surface area contributed by atoms with Crippen LogP contribution in [-0.2, 0) is 28.0 Å². The number of hydrogen-bond acceptors (Lipinski definition) is 4. The normalized spacial score (nSPS) is 17.8. The maximum atomic E-state index is 13.6. The monoisotopic (exact) mass is 585 g/mol. The summed E-state index contributed by atoms with van der Waals surface area (Å²) in [6, 6.07) is 23.7. The number of anilines is 1. The van der Waals surface area contributed by atoms with Gasteiger partial charge in [0.25, 0.3) is 5.91 Å². The number of para-hydroxylation sites is 1. The minimum atomic E-state index is -0.829. The van der Waals surface area contributed by atoms with Gasteiger partial charge in [0.2, 0.25) is 0 Å². The first-order valence-corrected chi connectivity index (χ1v) is 14.9. The van der Waals surface area contributed by atoms with Gasteiger partial charge >= 0.3 is 5.97 Å². The maximum absolute atomic E-state index is 13.6. The Bertz CT molecular complexity index is 1830. The Labute approximate surface area is 257 Å². The van der Waals surface area contributed by atoms with Gasteiger partial charge in [0.15, 0.2) is 5.78 Å². The fraction of sp³-hybridized carbons (Fsp3) is 0.243. The topological polar surface area (TPSA) is 103 Å². The summed E-state index contributed by atoms with van der Waals surface area (Å²) >= 11 is 0. The number of rotatable bonds is 9. The van der Waals surface area contributed by atoms with Crippen LogP contribution in [0.1, 0.15) is 64.4 Å². The molecule has 0 saturated carbocycles. The van der Waals surface area contributed by atoms with Crippen LogP contribution in [0.25, 0.3) is 11.3 Å². The molecule has 0 fully saturated rings. The van der Waals surface area contributed by atoms with Crippen molar-refractivity contribution in [2.24, 2.45) is 4.99 Å². The van der Waals surface area contributed by atoms with Gasteiger partial charge in [-0.3, -0.25) is 19.4 Å². The highest BCUT2D eigenvalue weighted by Crippen LogP contribution is 2.38. The zero-order valence-corrected chi connectivity index (χ0v) is 25.1. The fourth-order valence-electron chi connectivity index (χ4n) is 6.40. The molecule has 222 valence electrons. The van der Waals surface area contributed by atoms with Crippen molar-refractivity contribution in [3.63, 3.8) is 0 Å². The van der Waals surface area contributed by atoms with E-state index in [4.69, 9.17) is 5.11 Å². The lowest BCUT2D eigenvalue weighted by molar-refractivity contribution is -0.137. The molecule has 0 spiro atoms. The highest BCUT2D eigenvalue weighted by Gasteiger charge is 2.36. The van der Waals surface area contributed by atoms with Crippen LogP contribution in [0.2, 0.25) is 0 Å². The number of aromatic nitrogens is 1. The van der Waals surface area contributed by atoms with Crippen molar-refractivity contribution in [1.29, 1.82) is 0 Å². The third-order valence-corrected chi connectivity index (χ3v) is 8.93. The molecule has 2 N–H and O–H groups in total. The number of allylic oxidation sites excluding steroid dienone is 1. The van der Waals surface area contributed by atoms with Crippen LogP contribution in [0, 0.1) is 6.92 Å². The van der Waals surface area contributed by atoms with E-state index >= 15 is 0 Å². The minimum Gasteiger partial charge on any atom is -0.481 e. The summed E-state index contributed by atoms with van der Waals surface area (Å²) in [6.07, 6.45) is 6.41. The number of carboxylic acids is 1. The predicted molar refractivity (Wildman–Crippen MR) is 173 cm³/mol. The number of carbonyl (C=O) groups excluding carboxylic acids is 2. The predicted octanol–water partition coefficient (Wildman–Crippen LogP) is 6.81. The first kappa shape index (κ1) is 29.1. The lowest BCUT2D eigenvalue weighted by atomic mass is 9.81. The Hall–Kier alpha value is -5.04. The van der Waals surface area contributed by atoms with E-state index in [0.717, 1.165) is 45.6 Å². The standard InChI is InChI=1S/C37H35N3O4/c1-23(19-35(42)43)26-9-11-29(12-10-26)37(3)31(14-16-39-37)34(41)20-25-8-13-30(24(2)18-25)32-21-28(22-38-32)36(44)40-17-15-27-6-4-5-7-33(27)40/h4-14,16,18,21-23,38H,15,17,19-20H2,1-3H3,(H,42,43). The molecular weight excluding hydrogens is 550 g/mol. The van der Waals surface area contributed by atoms with Crippen molar-refractivity contribution in [2.75, 3.05) is 11.4 Å². The SMILES string of the molecule is Cc1cc(CC(=O)C2=CC=NC2(C)c2ccc(C(C)CC(=O)O)cc2)ccc1-c1cc(C(=O)N2CCc3ccccc32)c[nH]1. The number of Topliss-reactive ketones (excluding diaryl/α,β-unsaturated/α-hetero) is 1. The Morgan fingerprint density at radius 2 is 1.82 bits per heavy atom. The molecule has 2 unspecified atom stereocenters. The van der Waals surface area contributed by atoms with Gasteiger partial charge in [-0.1, -0.05) is 67.6 Å². The largest absolute Gasteiger partial charge is 0.481 e. The number of aliphatic imine (C=N–C) groups is 1. The molecular formula is C37H35N3O4. The second kappa shape index (κ2) is 11.6. The Balaban J connectivity index is 1.15. The first-order chi connectivity index (χ1) is 21.1. The Kier molecular flexibility index (Phi) is 7.64. The average molecular weight is 586 g/mol. The number of amides is 1. The second-order valence-electron chi connectivity index (χ2n) is 11.9. The smallest absolute Gasteiger partial charge is 0.303 e. The van der Waals surface area contributed by atoms with Gasteiger partial charge in [-0.15, -0.1) is 0 Å². The lowest BCUT2D eigenvalue weighted by Gasteiger charge is -2.26. The van der Waals surface area contributed by atoms with Gasteiger partial charge < -0.3 is 15.0 Å². The molecule has 2 aliphatic heterocycles. The number of ketones is 1. The molecule has 3 aromatic carbocycles. The van der Waals surface area contributed by atoms with Crippen LogP contribution in [-0.4, -0.2) is 40.5 Å². The number of aryl methyl sites for hydroxylation is 1. The highest BCUT2D eigenvalue weighted by molar-refractivity contribution is 6.08. The van der Waals surface area contributed by atoms with E-state index in [1.54, 1.807) is 18.5 Å². The van der Waals surface area contributed by atoms with Crippen molar-refractivity contribution < 1.29 is 19.5 Å². The summed E-state index contributed by atoms with van der Waals surface area (Å²) in [6.45, 7) is 6.52. The summed E-state index contributed by atoms with van der Waals surface area (Å²) in [5.41, 5.74) is 8.19. The van der Waals surface area contributed by atoms with E-state index in [-0.39, 0.29) is 30.4 Å². The van der Waals surface area contributed by atoms with Crippen LogP contribution in [0.3, 0.4) is 0 Å². The van der Waals surface area contributed by atoms with E-state index in [0.29, 0.717) is 17.7 Å². The zero-order chi connectivity index (χ0) is 31.0. The third-order valence-electron chi connectivity index (χ3n) is 8.93. The zero-order valence-electron chi connectivity index (χ0n) is 25.1. The average Bonchev–Trinajstić information content (AvgIpc) is 3.76. The molecule has 1 amide bonds. The van der Waals surface area contributed by atoms with E-state index in [9.17, 15) is 14.4 Å². The number of aromatic amines is 1. The number of carboxylic acid groups (broad SMARTS) is 1. The van der Waals surface area contributed by atoms with Crippen molar-refractivity contribution in [3.8, 4) is 11.3 Å². The molecule has 7 nitrogen and oxygen atoms in total. The molecule has 7 heteroatoms. The summed E-state index contributed by atoms with van der Waals surface area (Å²) in [4.78, 5) is 47.8. The van der Waals surface area contributed by atoms with Crippen molar-refractivity contribution >= 4 is 29.6 Å². The molecule has 4 aromatic rings. The molecule has 2 atom stereocenters. The molecule has 3 heterocycles. The summed E-state index contributed by atoms with van der Waals surface area (Å²) in [7, 11) is 0. The quantitative estimate of drug-likeness (QED) is 0.225. The van der Waals surface area contributed by atoms with E-state index < -0.39 is 11.5 Å². The molecule has 0 radical (unpaired) electrons. The van der Waals surface area contributed by atoms with E-state index in [1.807, 2.05) is 92.4 Å². The number of fused-ring (bicyclic) bond motifs is 1. The van der Waals surface area contributed by atoms with Crippen LogP contribution in [0.5, 0.6) is 0 Å². The van der Waals surface area contributed by atoms with Crippen molar-refractivity contribution in [1.82, 2.24) is 4.98 Å². The van der Waals surface area contributed by atoms with Gasteiger partial charge in [0, 0.05) is 47.9 Å². The van der Waals surface area contributed by atoms with E-state index in [1.165, 1.54) is 5.56 Å². The number of nitrogens with one attached hydrogen (secondary N) is 1. The molecule has 44 heavy (non-hydrogen) atoms. The highest BCUT2D eigenvalue weighted by atomic mass is 16.4. The number of aliphatic carboxylic acids is 1. The summed E-state index contributed by atoms with van der Waals surface area (Å²) < 4.78 is 0. The van der Waals surface area contributed by atoms with Crippen LogP contribution < -0.4 is 4.90 Å². The lowest BCUT2D eigenvalue weighted by Crippen LogP contribution is -2.28. The summed E-state index contributed by atoms with van der Waals surface area (Å²) in [5, 5.41) is 9.13. The number of H-pyrrole nitrogens is 1. The van der Waals surface area contributed by atoms with Crippen molar-refractivity contribution in [2.45, 2.75) is 51.5 Å². The van der Waals surface area contributed by atoms with Gasteiger partial charge in [-0.2, -0.15) is 0 Å². The molecule has 2 aliphatic rings. The van der Waals surface area contributed by atoms with Gasteiger partial charge in [-0.05, 0) is 72.2 Å². The minimum absolute atomic E-state index is 0.000812.